The third-order valence-corrected chi connectivity index (χ3v) is 25.3. The Labute approximate surface area is 738 Å². The SMILES string of the molecule is O=C(O)CCCCCCCCCSc1ccc(O)cc1.O=C(O)CCCCCCCCCSc1cccc(O)c1.O=C(O)CCCCCSc1cc(Cl)ccc1Cl.O=C(O)CCCCCSc1ccc(Cl)c(Cl)c1.O=C(O)CCSc1ccccc1Cl.O=C(O)CSc1cc(Cl)ccc1Cl.O=C(O)CSc1ccc(Cl)c(Cl)c1. The van der Waals surface area contributed by atoms with Crippen molar-refractivity contribution < 1.29 is 79.5 Å². The van der Waals surface area contributed by atoms with E-state index < -0.39 is 41.8 Å². The molecule has 9 N–H and O–H groups in total. The fourth-order valence-electron chi connectivity index (χ4n) is 8.91. The Bertz CT molecular complexity index is 3870. The lowest BCUT2D eigenvalue weighted by atomic mass is 10.1. The Kier molecular flexibility index (Phi) is 64.5. The average molecular weight is 1870 g/mol. The van der Waals surface area contributed by atoms with Crippen LogP contribution in [0.25, 0.3) is 0 Å². The minimum Gasteiger partial charge on any atom is -0.508 e. The molecule has 0 saturated carbocycles. The first-order valence-electron chi connectivity index (χ1n) is 36.0. The summed E-state index contributed by atoms with van der Waals surface area (Å²) in [6.45, 7) is 0. The third-order valence-electron chi connectivity index (χ3n) is 14.6. The molecule has 0 heterocycles. The third kappa shape index (κ3) is 62.4. The first-order chi connectivity index (χ1) is 53.9. The highest BCUT2D eigenvalue weighted by atomic mass is 35.5. The Morgan fingerprint density at radius 1 is 0.230 bits per heavy atom. The first kappa shape index (κ1) is 106. The number of benzene rings is 7. The molecule has 0 saturated heterocycles. The molecule has 0 atom stereocenters. The normalized spacial score (nSPS) is 10.3. The van der Waals surface area contributed by atoms with E-state index in [2.05, 4.69) is 0 Å². The Balaban J connectivity index is 0.000000663. The maximum Gasteiger partial charge on any atom is 0.313 e. The van der Waals surface area contributed by atoms with Crippen molar-refractivity contribution >= 4 is 229 Å². The molecule has 16 nitrogen and oxygen atoms in total. The number of aromatic hydroxyl groups is 2. The molecule has 7 rings (SSSR count). The molecule has 7 aromatic rings. The molecule has 0 spiro atoms. The number of carbonyl (C=O) groups is 7. The van der Waals surface area contributed by atoms with Crippen molar-refractivity contribution in [3.05, 3.63) is 191 Å². The predicted octanol–water partition coefficient (Wildman–Crippen LogP) is 28.1. The Morgan fingerprint density at radius 3 is 0.965 bits per heavy atom. The zero-order valence-electron chi connectivity index (χ0n) is 62.1. The highest BCUT2D eigenvalue weighted by molar-refractivity contribution is 8.01. The number of carboxylic acid groups (broad SMARTS) is 7. The van der Waals surface area contributed by atoms with Crippen molar-refractivity contribution in [3.8, 4) is 11.5 Å². The van der Waals surface area contributed by atoms with E-state index in [9.17, 15) is 43.8 Å². The summed E-state index contributed by atoms with van der Waals surface area (Å²) >= 11 is 63.2. The number of rotatable bonds is 46. The van der Waals surface area contributed by atoms with E-state index in [4.69, 9.17) is 140 Å². The standard InChI is InChI=1S/2C16H24O3S.2C12H14Cl2O2S.C9H9ClO2S.2C8H6Cl2O2S/c17-14-9-8-10-15(13-14)20-12-7-5-3-1-2-4-6-11-16(18)19;17-14-9-11-15(12-10-14)20-13-7-5-3-1-2-4-6-8-16(18)19;13-10-6-5-9(8-11(10)14)17-7-3-1-2-4-12(15)16;13-9-5-6-10(14)11(8-9)17-7-3-1-2-4-12(15)16;10-7-3-1-2-4-8(7)13-6-5-9(11)12;9-6-2-1-5(3-7(6)10)13-4-8(11)12;9-5-1-2-6(10)7(3-5)13-4-8(11)12/h8-10,13,17H,1-7,11-12H2,(H,18,19);9-12,17H,1-8,13H2,(H,18,19);2*5-6,8H,1-4,7H2,(H,15,16);1-4H,5-6H2,(H,11,12);2*1-3H,4H2,(H,11,12). The van der Waals surface area contributed by atoms with Crippen LogP contribution in [0.3, 0.4) is 0 Å². The molecular formula is C81H97Cl9O16S7. The van der Waals surface area contributed by atoms with Crippen molar-refractivity contribution in [2.45, 2.75) is 195 Å². The van der Waals surface area contributed by atoms with Crippen LogP contribution in [0.4, 0.5) is 0 Å². The predicted molar refractivity (Wildman–Crippen MR) is 477 cm³/mol. The summed E-state index contributed by atoms with van der Waals surface area (Å²) in [4.78, 5) is 78.8. The number of hydrogen-bond acceptors (Lipinski definition) is 16. The maximum atomic E-state index is 10.3. The van der Waals surface area contributed by atoms with Crippen LogP contribution in [0.2, 0.25) is 45.2 Å². The molecule has 622 valence electrons. The Morgan fingerprint density at radius 2 is 0.558 bits per heavy atom. The van der Waals surface area contributed by atoms with Crippen LogP contribution >= 0.6 is 187 Å². The van der Waals surface area contributed by atoms with Crippen molar-refractivity contribution in [2.24, 2.45) is 0 Å². The minimum atomic E-state index is -0.874. The van der Waals surface area contributed by atoms with Gasteiger partial charge in [0.1, 0.15) is 11.5 Å². The largest absolute Gasteiger partial charge is 0.508 e. The topological polar surface area (TPSA) is 302 Å². The molecule has 7 aromatic carbocycles. The molecule has 0 fully saturated rings. The van der Waals surface area contributed by atoms with Crippen molar-refractivity contribution in [1.29, 1.82) is 0 Å². The monoisotopic (exact) mass is 1860 g/mol. The molecule has 0 aromatic heterocycles. The van der Waals surface area contributed by atoms with Gasteiger partial charge in [0.05, 0.1) is 53.1 Å². The second-order valence-electron chi connectivity index (χ2n) is 24.1. The summed E-state index contributed by atoms with van der Waals surface area (Å²) in [5.74, 6) is -0.00571. The molecule has 0 aliphatic rings. The van der Waals surface area contributed by atoms with Crippen LogP contribution in [0.1, 0.15) is 161 Å². The molecular weight excluding hydrogens is 1770 g/mol. The number of halogens is 9. The first-order valence-corrected chi connectivity index (χ1v) is 46.3. The number of phenolic OH excluding ortho intramolecular Hbond substituents is 2. The van der Waals surface area contributed by atoms with Gasteiger partial charge in [0.15, 0.2) is 0 Å². The van der Waals surface area contributed by atoms with Gasteiger partial charge in [-0.2, -0.15) is 0 Å². The molecule has 32 heteroatoms. The van der Waals surface area contributed by atoms with Gasteiger partial charge >= 0.3 is 41.8 Å². The van der Waals surface area contributed by atoms with Crippen LogP contribution in [-0.4, -0.2) is 128 Å². The molecule has 0 aliphatic heterocycles. The number of thioether (sulfide) groups is 7. The second kappa shape index (κ2) is 68.4. The number of unbranched alkanes of at least 4 members (excludes halogenated alkanes) is 16. The van der Waals surface area contributed by atoms with Crippen LogP contribution < -0.4 is 0 Å². The van der Waals surface area contributed by atoms with Crippen LogP contribution in [0.15, 0.2) is 180 Å². The van der Waals surface area contributed by atoms with Crippen molar-refractivity contribution in [1.82, 2.24) is 0 Å². The summed E-state index contributed by atoms with van der Waals surface area (Å²) in [6.07, 6.45) is 22.4. The summed E-state index contributed by atoms with van der Waals surface area (Å²) in [5, 5.41) is 83.0. The Hall–Kier alpha value is -4.51. The molecule has 0 unspecified atom stereocenters. The minimum absolute atomic E-state index is 0.0138. The van der Waals surface area contributed by atoms with Gasteiger partial charge < -0.3 is 46.0 Å². The second-order valence-corrected chi connectivity index (χ2v) is 35.7. The van der Waals surface area contributed by atoms with E-state index in [0.29, 0.717) is 80.2 Å². The molecule has 0 aliphatic carbocycles. The lowest BCUT2D eigenvalue weighted by Gasteiger charge is -2.04. The summed E-state index contributed by atoms with van der Waals surface area (Å²) in [7, 11) is 0. The van der Waals surface area contributed by atoms with Gasteiger partial charge in [-0.15, -0.1) is 82.3 Å². The average Bonchev–Trinajstić information content (AvgIpc) is 0.906. The van der Waals surface area contributed by atoms with Crippen LogP contribution in [-0.2, 0) is 33.6 Å². The van der Waals surface area contributed by atoms with Crippen molar-refractivity contribution in [3.63, 3.8) is 0 Å². The van der Waals surface area contributed by atoms with Gasteiger partial charge in [-0.25, -0.2) is 0 Å². The fourth-order valence-corrected chi connectivity index (χ4v) is 17.0. The van der Waals surface area contributed by atoms with Gasteiger partial charge in [-0.3, -0.25) is 33.6 Å². The summed E-state index contributed by atoms with van der Waals surface area (Å²) in [6, 6.07) is 43.1. The number of aliphatic carboxylic acids is 7. The van der Waals surface area contributed by atoms with Gasteiger partial charge in [-0.1, -0.05) is 200 Å². The highest BCUT2D eigenvalue weighted by Crippen LogP contribution is 2.34. The van der Waals surface area contributed by atoms with Gasteiger partial charge in [-0.05, 0) is 202 Å². The van der Waals surface area contributed by atoms with E-state index >= 15 is 0 Å². The van der Waals surface area contributed by atoms with E-state index in [0.717, 1.165) is 136 Å². The highest BCUT2D eigenvalue weighted by Gasteiger charge is 2.09. The van der Waals surface area contributed by atoms with E-state index in [1.54, 1.807) is 120 Å². The van der Waals surface area contributed by atoms with Gasteiger partial charge in [0.2, 0.25) is 0 Å². The maximum absolute atomic E-state index is 10.3. The lowest BCUT2D eigenvalue weighted by Crippen LogP contribution is -1.97. The zero-order chi connectivity index (χ0) is 84.0. The number of carboxylic acids is 7. The summed E-state index contributed by atoms with van der Waals surface area (Å²) in [5.41, 5.74) is 0. The quantitative estimate of drug-likeness (QED) is 0.0126. The number of hydrogen-bond donors (Lipinski definition) is 9. The summed E-state index contributed by atoms with van der Waals surface area (Å²) < 4.78 is 0. The van der Waals surface area contributed by atoms with E-state index in [1.807, 2.05) is 72.4 Å². The number of phenols is 2. The molecule has 0 amide bonds. The van der Waals surface area contributed by atoms with Gasteiger partial charge in [0, 0.05) is 75.7 Å². The van der Waals surface area contributed by atoms with E-state index in [-0.39, 0.29) is 30.8 Å². The van der Waals surface area contributed by atoms with Crippen LogP contribution in [0.5, 0.6) is 11.5 Å². The smallest absolute Gasteiger partial charge is 0.313 e. The molecule has 0 radical (unpaired) electrons. The van der Waals surface area contributed by atoms with Gasteiger partial charge in [0.25, 0.3) is 0 Å². The van der Waals surface area contributed by atoms with Crippen molar-refractivity contribution in [2.75, 3.05) is 40.3 Å². The molecule has 0 bridgehead atoms. The zero-order valence-corrected chi connectivity index (χ0v) is 74.6. The molecule has 113 heavy (non-hydrogen) atoms. The van der Waals surface area contributed by atoms with E-state index in [1.165, 1.54) is 79.8 Å². The lowest BCUT2D eigenvalue weighted by molar-refractivity contribution is -0.138. The fraction of sp³-hybridized carbons (Fsp3) is 0.395. The van der Waals surface area contributed by atoms with Crippen LogP contribution in [0, 0.1) is 0 Å².